The first-order chi connectivity index (χ1) is 9.17. The molecule has 7 heteroatoms. The fourth-order valence-electron chi connectivity index (χ4n) is 1.52. The second-order valence-corrected chi connectivity index (χ2v) is 4.18. The Hall–Kier alpha value is -2.08. The van der Waals surface area contributed by atoms with Gasteiger partial charge in [0, 0.05) is 13.6 Å². The molecular formula is C12H14ClN5O. The maximum Gasteiger partial charge on any atom is 0.228 e. The number of nitrogens with one attached hydrogen (secondary N) is 2. The van der Waals surface area contributed by atoms with E-state index in [4.69, 9.17) is 11.6 Å². The molecular weight excluding hydrogens is 266 g/mol. The van der Waals surface area contributed by atoms with Gasteiger partial charge in [0.05, 0.1) is 0 Å². The summed E-state index contributed by atoms with van der Waals surface area (Å²) in [5.41, 5.74) is 1.11. The molecule has 2 aromatic rings. The third-order valence-electron chi connectivity index (χ3n) is 2.46. The highest BCUT2D eigenvalue weighted by Crippen LogP contribution is 2.11. The standard InChI is InChI=1S/C12H14ClN5O/c1-14-11-16-10(13)17-12(18-11)15-7-6-8-2-4-9(19)5-3-8/h2-5,19H,6-7H2,1H3,(H2,14,15,16,17,18). The maximum absolute atomic E-state index is 9.18. The number of aromatic nitrogens is 3. The molecule has 1 aromatic carbocycles. The van der Waals surface area contributed by atoms with Crippen molar-refractivity contribution in [2.24, 2.45) is 0 Å². The lowest BCUT2D eigenvalue weighted by Gasteiger charge is -2.06. The Balaban J connectivity index is 1.92. The number of nitrogens with zero attached hydrogens (tertiary/aromatic N) is 3. The number of phenolic OH excluding ortho intramolecular Hbond substituents is 1. The number of benzene rings is 1. The zero-order valence-electron chi connectivity index (χ0n) is 10.4. The van der Waals surface area contributed by atoms with E-state index in [0.717, 1.165) is 12.0 Å². The molecule has 0 fully saturated rings. The molecule has 0 aliphatic heterocycles. The number of hydrogen-bond acceptors (Lipinski definition) is 6. The Bertz CT molecular complexity index is 546. The largest absolute Gasteiger partial charge is 0.508 e. The van der Waals surface area contributed by atoms with Crippen LogP contribution < -0.4 is 10.6 Å². The van der Waals surface area contributed by atoms with Gasteiger partial charge in [0.2, 0.25) is 17.2 Å². The first-order valence-electron chi connectivity index (χ1n) is 5.78. The van der Waals surface area contributed by atoms with E-state index in [1.165, 1.54) is 0 Å². The zero-order valence-corrected chi connectivity index (χ0v) is 11.1. The van der Waals surface area contributed by atoms with Crippen LogP contribution in [0.15, 0.2) is 24.3 Å². The molecule has 0 bridgehead atoms. The van der Waals surface area contributed by atoms with E-state index in [9.17, 15) is 5.11 Å². The molecule has 0 radical (unpaired) electrons. The van der Waals surface area contributed by atoms with Crippen LogP contribution in [0.2, 0.25) is 5.28 Å². The monoisotopic (exact) mass is 279 g/mol. The predicted octanol–water partition coefficient (Wildman–Crippen LogP) is 1.93. The van der Waals surface area contributed by atoms with Crippen molar-refractivity contribution in [3.05, 3.63) is 35.1 Å². The molecule has 0 saturated heterocycles. The van der Waals surface area contributed by atoms with Gasteiger partial charge in [0.15, 0.2) is 0 Å². The first-order valence-corrected chi connectivity index (χ1v) is 6.16. The van der Waals surface area contributed by atoms with Gasteiger partial charge in [0.25, 0.3) is 0 Å². The third kappa shape index (κ3) is 3.96. The summed E-state index contributed by atoms with van der Waals surface area (Å²) >= 11 is 5.77. The highest BCUT2D eigenvalue weighted by Gasteiger charge is 2.03. The van der Waals surface area contributed by atoms with Gasteiger partial charge < -0.3 is 15.7 Å². The van der Waals surface area contributed by atoms with E-state index >= 15 is 0 Å². The number of rotatable bonds is 5. The molecule has 0 aliphatic rings. The van der Waals surface area contributed by atoms with Gasteiger partial charge in [-0.25, -0.2) is 0 Å². The topological polar surface area (TPSA) is 83.0 Å². The fraction of sp³-hybridized carbons (Fsp3) is 0.250. The molecule has 6 nitrogen and oxygen atoms in total. The van der Waals surface area contributed by atoms with Gasteiger partial charge in [-0.3, -0.25) is 0 Å². The lowest BCUT2D eigenvalue weighted by atomic mass is 10.1. The van der Waals surface area contributed by atoms with Crippen LogP contribution in [0.3, 0.4) is 0 Å². The zero-order chi connectivity index (χ0) is 13.7. The van der Waals surface area contributed by atoms with Gasteiger partial charge >= 0.3 is 0 Å². The number of aromatic hydroxyl groups is 1. The Kier molecular flexibility index (Phi) is 4.35. The van der Waals surface area contributed by atoms with Gasteiger partial charge in [-0.15, -0.1) is 0 Å². The van der Waals surface area contributed by atoms with Crippen LogP contribution in [0.5, 0.6) is 5.75 Å². The smallest absolute Gasteiger partial charge is 0.228 e. The summed E-state index contributed by atoms with van der Waals surface area (Å²) in [5, 5.41) is 15.2. The van der Waals surface area contributed by atoms with Crippen molar-refractivity contribution in [2.45, 2.75) is 6.42 Å². The van der Waals surface area contributed by atoms with Gasteiger partial charge in [-0.05, 0) is 35.7 Å². The highest BCUT2D eigenvalue weighted by molar-refractivity contribution is 6.28. The fourth-order valence-corrected chi connectivity index (χ4v) is 1.68. The lowest BCUT2D eigenvalue weighted by Crippen LogP contribution is -2.10. The van der Waals surface area contributed by atoms with Crippen molar-refractivity contribution in [1.29, 1.82) is 0 Å². The summed E-state index contributed by atoms with van der Waals surface area (Å²) in [6.45, 7) is 0.661. The molecule has 19 heavy (non-hydrogen) atoms. The van der Waals surface area contributed by atoms with Crippen LogP contribution in [0.4, 0.5) is 11.9 Å². The summed E-state index contributed by atoms with van der Waals surface area (Å²) in [5.74, 6) is 1.12. The molecule has 3 N–H and O–H groups in total. The summed E-state index contributed by atoms with van der Waals surface area (Å²) in [7, 11) is 1.71. The van der Waals surface area contributed by atoms with Crippen LogP contribution in [0, 0.1) is 0 Å². The van der Waals surface area contributed by atoms with E-state index in [-0.39, 0.29) is 11.0 Å². The van der Waals surface area contributed by atoms with Crippen LogP contribution in [-0.2, 0) is 6.42 Å². The minimum Gasteiger partial charge on any atom is -0.508 e. The van der Waals surface area contributed by atoms with Crippen LogP contribution in [0.25, 0.3) is 0 Å². The van der Waals surface area contributed by atoms with Crippen molar-refractivity contribution in [3.8, 4) is 5.75 Å². The lowest BCUT2D eigenvalue weighted by molar-refractivity contribution is 0.475. The molecule has 1 aromatic heterocycles. The van der Waals surface area contributed by atoms with Crippen molar-refractivity contribution in [3.63, 3.8) is 0 Å². The molecule has 0 spiro atoms. The average molecular weight is 280 g/mol. The molecule has 100 valence electrons. The molecule has 0 aliphatic carbocycles. The minimum absolute atomic E-state index is 0.145. The number of halogens is 1. The molecule has 0 unspecified atom stereocenters. The normalized spacial score (nSPS) is 10.2. The third-order valence-corrected chi connectivity index (χ3v) is 2.63. The van der Waals surface area contributed by atoms with Crippen LogP contribution in [-0.4, -0.2) is 33.7 Å². The van der Waals surface area contributed by atoms with Gasteiger partial charge in [-0.1, -0.05) is 12.1 Å². The van der Waals surface area contributed by atoms with Gasteiger partial charge in [0.1, 0.15) is 5.75 Å². The first kappa shape index (κ1) is 13.4. The van der Waals surface area contributed by atoms with Crippen molar-refractivity contribution in [1.82, 2.24) is 15.0 Å². The van der Waals surface area contributed by atoms with E-state index < -0.39 is 0 Å². The summed E-state index contributed by atoms with van der Waals surface area (Å²) in [4.78, 5) is 12.0. The number of hydrogen-bond donors (Lipinski definition) is 3. The molecule has 1 heterocycles. The molecule has 0 atom stereocenters. The van der Waals surface area contributed by atoms with Gasteiger partial charge in [-0.2, -0.15) is 15.0 Å². The SMILES string of the molecule is CNc1nc(Cl)nc(NCCc2ccc(O)cc2)n1. The maximum atomic E-state index is 9.18. The van der Waals surface area contributed by atoms with Crippen molar-refractivity contribution in [2.75, 3.05) is 24.2 Å². The van der Waals surface area contributed by atoms with Crippen LogP contribution >= 0.6 is 11.6 Å². The second kappa shape index (κ2) is 6.19. The quantitative estimate of drug-likeness (QED) is 0.776. The Morgan fingerprint density at radius 1 is 1.11 bits per heavy atom. The van der Waals surface area contributed by atoms with E-state index in [1.807, 2.05) is 12.1 Å². The summed E-state index contributed by atoms with van der Waals surface area (Å²) in [6, 6.07) is 7.06. The van der Waals surface area contributed by atoms with Crippen molar-refractivity contribution < 1.29 is 5.11 Å². The van der Waals surface area contributed by atoms with Crippen LogP contribution in [0.1, 0.15) is 5.56 Å². The Morgan fingerprint density at radius 3 is 2.47 bits per heavy atom. The Morgan fingerprint density at radius 2 is 1.79 bits per heavy atom. The van der Waals surface area contributed by atoms with Crippen molar-refractivity contribution >= 4 is 23.5 Å². The predicted molar refractivity (Wildman–Crippen MR) is 74.7 cm³/mol. The summed E-state index contributed by atoms with van der Waals surface area (Å²) < 4.78 is 0. The summed E-state index contributed by atoms with van der Waals surface area (Å²) in [6.07, 6.45) is 0.790. The van der Waals surface area contributed by atoms with E-state index in [1.54, 1.807) is 19.2 Å². The molecule has 0 saturated carbocycles. The highest BCUT2D eigenvalue weighted by atomic mass is 35.5. The number of anilines is 2. The van der Waals surface area contributed by atoms with E-state index in [2.05, 4.69) is 25.6 Å². The molecule has 2 rings (SSSR count). The minimum atomic E-state index is 0.145. The number of phenols is 1. The molecule has 0 amide bonds. The van der Waals surface area contributed by atoms with E-state index in [0.29, 0.717) is 18.4 Å². The Labute approximate surface area is 115 Å². The average Bonchev–Trinajstić information content (AvgIpc) is 2.40. The second-order valence-electron chi connectivity index (χ2n) is 3.84.